The van der Waals surface area contributed by atoms with Gasteiger partial charge in [-0.1, -0.05) is 65.8 Å². The summed E-state index contributed by atoms with van der Waals surface area (Å²) < 4.78 is 30.2. The number of ether oxygens (including phenoxy) is 3. The smallest absolute Gasteiger partial charge is 0.250 e. The van der Waals surface area contributed by atoms with E-state index in [2.05, 4.69) is 79.9 Å². The van der Waals surface area contributed by atoms with Gasteiger partial charge < -0.3 is 23.1 Å². The monoisotopic (exact) mass is 530 g/mol. The van der Waals surface area contributed by atoms with Crippen molar-refractivity contribution in [3.8, 4) is 28.7 Å². The summed E-state index contributed by atoms with van der Waals surface area (Å²) >= 11 is 0. The average Bonchev–Trinajstić information content (AvgIpc) is 2.76. The van der Waals surface area contributed by atoms with Crippen LogP contribution in [0.5, 0.6) is 28.7 Å². The molecule has 0 heterocycles. The van der Waals surface area contributed by atoms with Crippen molar-refractivity contribution in [2.24, 2.45) is 0 Å². The minimum atomic E-state index is -2.13. The molecule has 0 unspecified atom stereocenters. The Balaban J connectivity index is 2.64. The van der Waals surface area contributed by atoms with Crippen molar-refractivity contribution in [2.75, 3.05) is 21.3 Å². The van der Waals surface area contributed by atoms with Gasteiger partial charge >= 0.3 is 0 Å². The fraction of sp³-hybridized carbons (Fsp3) is 0.517. The molecule has 0 saturated carbocycles. The van der Waals surface area contributed by atoms with Gasteiger partial charge in [0, 0.05) is 5.56 Å². The Morgan fingerprint density at radius 2 is 1.11 bits per heavy atom. The maximum Gasteiger partial charge on any atom is 0.250 e. The summed E-state index contributed by atoms with van der Waals surface area (Å²) in [5.74, 6) is 3.44. The maximum absolute atomic E-state index is 6.92. The molecule has 0 amide bonds. The van der Waals surface area contributed by atoms with E-state index in [1.54, 1.807) is 21.3 Å². The van der Waals surface area contributed by atoms with Crippen molar-refractivity contribution in [1.82, 2.24) is 0 Å². The Morgan fingerprint density at radius 3 is 1.56 bits per heavy atom. The number of hydrogen-bond donors (Lipinski definition) is 0. The topological polar surface area (TPSA) is 46.2 Å². The van der Waals surface area contributed by atoms with E-state index in [1.807, 2.05) is 30.3 Å². The molecular weight excluding hydrogens is 484 g/mol. The minimum absolute atomic E-state index is 0.0504. The van der Waals surface area contributed by atoms with Gasteiger partial charge in [0.1, 0.15) is 5.75 Å². The third-order valence-electron chi connectivity index (χ3n) is 7.49. The summed E-state index contributed by atoms with van der Waals surface area (Å²) in [4.78, 5) is 0. The third kappa shape index (κ3) is 6.68. The second-order valence-corrected chi connectivity index (χ2v) is 21.6. The average molecular weight is 531 g/mol. The normalized spacial score (nSPS) is 13.0. The standard InChI is InChI=1S/C29H46O5Si2/c1-28(2,3)35(10,11)33-23-16-14-15-22(26(23)34-36(12,13)29(4,5)6)18-17-21-19-24(30-7)27(32-9)25(20-21)31-8/h14-20H,1-13H3/b18-17-. The van der Waals surface area contributed by atoms with E-state index < -0.39 is 16.6 Å². The molecule has 2 rings (SSSR count). The van der Waals surface area contributed by atoms with Gasteiger partial charge in [-0.25, -0.2) is 0 Å². The lowest BCUT2D eigenvalue weighted by atomic mass is 10.1. The highest BCUT2D eigenvalue weighted by Crippen LogP contribution is 2.45. The Labute approximate surface area is 221 Å². The summed E-state index contributed by atoms with van der Waals surface area (Å²) in [5, 5.41) is 0.123. The summed E-state index contributed by atoms with van der Waals surface area (Å²) in [6.45, 7) is 22.6. The van der Waals surface area contributed by atoms with Crippen LogP contribution in [0.1, 0.15) is 52.7 Å². The Bertz CT molecular complexity index is 1050. The first-order valence-corrected chi connectivity index (χ1v) is 18.3. The Hall–Kier alpha value is -2.39. The highest BCUT2D eigenvalue weighted by molar-refractivity contribution is 6.75. The van der Waals surface area contributed by atoms with Gasteiger partial charge in [-0.15, -0.1) is 0 Å². The molecule has 0 fully saturated rings. The summed E-state index contributed by atoms with van der Waals surface area (Å²) in [6.07, 6.45) is 4.11. The van der Waals surface area contributed by atoms with Crippen LogP contribution in [0, 0.1) is 0 Å². The number of para-hydroxylation sites is 1. The third-order valence-corrected chi connectivity index (χ3v) is 16.2. The van der Waals surface area contributed by atoms with Gasteiger partial charge in [0.05, 0.1) is 21.3 Å². The first-order valence-electron chi connectivity index (χ1n) is 12.5. The molecule has 36 heavy (non-hydrogen) atoms. The molecule has 200 valence electrons. The summed E-state index contributed by atoms with van der Waals surface area (Å²) in [5.41, 5.74) is 1.91. The van der Waals surface area contributed by atoms with Gasteiger partial charge in [0.2, 0.25) is 5.75 Å². The molecule has 7 heteroatoms. The van der Waals surface area contributed by atoms with E-state index >= 15 is 0 Å². The van der Waals surface area contributed by atoms with Crippen LogP contribution in [0.4, 0.5) is 0 Å². The van der Waals surface area contributed by atoms with Gasteiger partial charge in [-0.05, 0) is 60.0 Å². The summed E-state index contributed by atoms with van der Waals surface area (Å²) in [6, 6.07) is 10.0. The molecule has 0 aliphatic heterocycles. The molecule has 5 nitrogen and oxygen atoms in total. The first-order chi connectivity index (χ1) is 16.5. The molecule has 0 radical (unpaired) electrons. The SMILES string of the molecule is COc1cc(/C=C\c2cccc(O[Si](C)(C)C(C)(C)C)c2O[Si](C)(C)C(C)(C)C)cc(OC)c1OC. The van der Waals surface area contributed by atoms with Crippen molar-refractivity contribution >= 4 is 28.8 Å². The predicted octanol–water partition coefficient (Wildman–Crippen LogP) is 8.65. The Morgan fingerprint density at radius 1 is 0.611 bits per heavy atom. The van der Waals surface area contributed by atoms with Crippen molar-refractivity contribution < 1.29 is 23.1 Å². The van der Waals surface area contributed by atoms with Crippen LogP contribution < -0.4 is 23.1 Å². The van der Waals surface area contributed by atoms with E-state index in [-0.39, 0.29) is 10.1 Å². The molecular formula is C29H46O5Si2. The lowest BCUT2D eigenvalue weighted by molar-refractivity contribution is 0.324. The van der Waals surface area contributed by atoms with Crippen LogP contribution in [0.3, 0.4) is 0 Å². The van der Waals surface area contributed by atoms with Crippen LogP contribution in [0.15, 0.2) is 30.3 Å². The van der Waals surface area contributed by atoms with E-state index in [0.29, 0.717) is 17.2 Å². The molecule has 0 aliphatic carbocycles. The quantitative estimate of drug-likeness (QED) is 0.240. The Kier molecular flexibility index (Phi) is 9.06. The molecule has 0 aromatic heterocycles. The second kappa shape index (κ2) is 10.9. The zero-order chi connectivity index (χ0) is 27.5. The van der Waals surface area contributed by atoms with Crippen LogP contribution in [-0.2, 0) is 0 Å². The van der Waals surface area contributed by atoms with Gasteiger partial charge in [-0.3, -0.25) is 0 Å². The number of benzene rings is 2. The fourth-order valence-corrected chi connectivity index (χ4v) is 5.13. The van der Waals surface area contributed by atoms with Crippen molar-refractivity contribution in [2.45, 2.75) is 77.8 Å². The van der Waals surface area contributed by atoms with Crippen molar-refractivity contribution in [3.63, 3.8) is 0 Å². The van der Waals surface area contributed by atoms with E-state index in [4.69, 9.17) is 23.1 Å². The molecule has 0 spiro atoms. The number of rotatable bonds is 9. The van der Waals surface area contributed by atoms with Crippen molar-refractivity contribution in [3.05, 3.63) is 41.5 Å². The predicted molar refractivity (Wildman–Crippen MR) is 157 cm³/mol. The zero-order valence-corrected chi connectivity index (χ0v) is 26.6. The molecule has 0 aliphatic rings. The van der Waals surface area contributed by atoms with Crippen molar-refractivity contribution in [1.29, 1.82) is 0 Å². The zero-order valence-electron chi connectivity index (χ0n) is 24.6. The fourth-order valence-electron chi connectivity index (χ4n) is 3.07. The number of methoxy groups -OCH3 is 3. The second-order valence-electron chi connectivity index (χ2n) is 12.2. The molecule has 0 bridgehead atoms. The van der Waals surface area contributed by atoms with E-state index in [9.17, 15) is 0 Å². The summed E-state index contributed by atoms with van der Waals surface area (Å²) in [7, 11) is 0.637. The van der Waals surface area contributed by atoms with Gasteiger partial charge in [0.15, 0.2) is 17.2 Å². The molecule has 2 aromatic carbocycles. The lowest BCUT2D eigenvalue weighted by Gasteiger charge is -2.40. The van der Waals surface area contributed by atoms with E-state index in [1.165, 1.54) is 0 Å². The van der Waals surface area contributed by atoms with Gasteiger partial charge in [-0.2, -0.15) is 0 Å². The molecule has 0 N–H and O–H groups in total. The van der Waals surface area contributed by atoms with Gasteiger partial charge in [0.25, 0.3) is 16.6 Å². The highest BCUT2D eigenvalue weighted by atomic mass is 28.4. The minimum Gasteiger partial charge on any atom is -0.541 e. The van der Waals surface area contributed by atoms with Crippen LogP contribution in [-0.4, -0.2) is 38.0 Å². The molecule has 0 saturated heterocycles. The first kappa shape index (κ1) is 29.8. The molecule has 0 atom stereocenters. The maximum atomic E-state index is 6.92. The number of hydrogen-bond acceptors (Lipinski definition) is 5. The van der Waals surface area contributed by atoms with Crippen LogP contribution in [0.2, 0.25) is 36.3 Å². The van der Waals surface area contributed by atoms with Crippen LogP contribution >= 0.6 is 0 Å². The highest BCUT2D eigenvalue weighted by Gasteiger charge is 2.42. The largest absolute Gasteiger partial charge is 0.541 e. The lowest BCUT2D eigenvalue weighted by Crippen LogP contribution is -2.46. The van der Waals surface area contributed by atoms with E-state index in [0.717, 1.165) is 22.6 Å². The molecule has 2 aromatic rings. The van der Waals surface area contributed by atoms with Crippen LogP contribution in [0.25, 0.3) is 12.2 Å².